The molecule has 0 saturated carbocycles. The summed E-state index contributed by atoms with van der Waals surface area (Å²) in [7, 11) is 0. The van der Waals surface area contributed by atoms with Crippen molar-refractivity contribution in [3.8, 4) is 11.3 Å². The Labute approximate surface area is 158 Å². The SMILES string of the molecule is Cc1nn(CC(=O)OCc2ncc(-c3ccc(Cl)cc3)o2)c(C)c1[N+](=O)[O-]. The molecule has 9 nitrogen and oxygen atoms in total. The van der Waals surface area contributed by atoms with Crippen molar-refractivity contribution in [2.24, 2.45) is 0 Å². The van der Waals surface area contributed by atoms with E-state index in [1.807, 2.05) is 0 Å². The highest BCUT2D eigenvalue weighted by Gasteiger charge is 2.23. The van der Waals surface area contributed by atoms with Crippen LogP contribution >= 0.6 is 11.6 Å². The smallest absolute Gasteiger partial charge is 0.328 e. The molecule has 0 spiro atoms. The van der Waals surface area contributed by atoms with Crippen LogP contribution in [0.15, 0.2) is 34.9 Å². The van der Waals surface area contributed by atoms with Gasteiger partial charge in [0.25, 0.3) is 0 Å². The van der Waals surface area contributed by atoms with E-state index >= 15 is 0 Å². The van der Waals surface area contributed by atoms with Gasteiger partial charge in [-0.1, -0.05) is 11.6 Å². The molecule has 2 heterocycles. The van der Waals surface area contributed by atoms with Crippen LogP contribution in [0.3, 0.4) is 0 Å². The molecule has 0 N–H and O–H groups in total. The summed E-state index contributed by atoms with van der Waals surface area (Å²) >= 11 is 5.85. The number of nitro groups is 1. The van der Waals surface area contributed by atoms with Crippen LogP contribution in [0.25, 0.3) is 11.3 Å². The Hall–Kier alpha value is -3.20. The molecule has 0 amide bonds. The Morgan fingerprint density at radius 1 is 1.33 bits per heavy atom. The van der Waals surface area contributed by atoms with Gasteiger partial charge in [0.1, 0.15) is 17.9 Å². The third-order valence-corrected chi connectivity index (χ3v) is 4.10. The molecule has 0 aliphatic heterocycles. The van der Waals surface area contributed by atoms with E-state index in [-0.39, 0.29) is 36.1 Å². The van der Waals surface area contributed by atoms with Gasteiger partial charge >= 0.3 is 11.7 Å². The van der Waals surface area contributed by atoms with Crippen LogP contribution in [0.1, 0.15) is 17.3 Å². The second-order valence-electron chi connectivity index (χ2n) is 5.72. The lowest BCUT2D eigenvalue weighted by atomic mass is 10.2. The molecule has 3 aromatic rings. The number of halogens is 1. The minimum atomic E-state index is -0.609. The predicted octanol–water partition coefficient (Wildman–Crippen LogP) is 3.46. The molecule has 27 heavy (non-hydrogen) atoms. The first kappa shape index (κ1) is 18.6. The highest BCUT2D eigenvalue weighted by Crippen LogP contribution is 2.23. The van der Waals surface area contributed by atoms with Gasteiger partial charge in [0, 0.05) is 10.6 Å². The van der Waals surface area contributed by atoms with Gasteiger partial charge in [-0.15, -0.1) is 0 Å². The zero-order valence-electron chi connectivity index (χ0n) is 14.5. The maximum absolute atomic E-state index is 12.0. The second kappa shape index (κ2) is 7.58. The van der Waals surface area contributed by atoms with Gasteiger partial charge in [0.05, 0.1) is 11.1 Å². The Morgan fingerprint density at radius 3 is 2.67 bits per heavy atom. The summed E-state index contributed by atoms with van der Waals surface area (Å²) in [4.78, 5) is 26.5. The summed E-state index contributed by atoms with van der Waals surface area (Å²) in [6.07, 6.45) is 1.52. The molecule has 2 aromatic heterocycles. The summed E-state index contributed by atoms with van der Waals surface area (Å²) in [5.74, 6) is 0.140. The number of carbonyl (C=O) groups is 1. The Bertz CT molecular complexity index is 993. The molecule has 3 rings (SSSR count). The lowest BCUT2D eigenvalue weighted by Gasteiger charge is -2.04. The number of benzene rings is 1. The number of aromatic nitrogens is 3. The maximum atomic E-state index is 12.0. The Kier molecular flexibility index (Phi) is 5.22. The maximum Gasteiger partial charge on any atom is 0.328 e. The molecule has 0 saturated heterocycles. The van der Waals surface area contributed by atoms with E-state index in [0.29, 0.717) is 10.8 Å². The van der Waals surface area contributed by atoms with Gasteiger partial charge in [0.2, 0.25) is 5.89 Å². The van der Waals surface area contributed by atoms with Crippen molar-refractivity contribution in [1.82, 2.24) is 14.8 Å². The van der Waals surface area contributed by atoms with E-state index in [2.05, 4.69) is 10.1 Å². The number of hydrogen-bond donors (Lipinski definition) is 0. The fourth-order valence-electron chi connectivity index (χ4n) is 2.54. The summed E-state index contributed by atoms with van der Waals surface area (Å²) in [5, 5.41) is 15.6. The summed E-state index contributed by atoms with van der Waals surface area (Å²) in [6, 6.07) is 7.03. The zero-order chi connectivity index (χ0) is 19.6. The largest absolute Gasteiger partial charge is 0.454 e. The van der Waals surface area contributed by atoms with E-state index < -0.39 is 10.9 Å². The molecular weight excluding hydrogens is 376 g/mol. The number of ether oxygens (including phenoxy) is 1. The molecule has 0 aliphatic carbocycles. The first-order valence-corrected chi connectivity index (χ1v) is 8.27. The van der Waals surface area contributed by atoms with Crippen molar-refractivity contribution in [3.63, 3.8) is 0 Å². The van der Waals surface area contributed by atoms with Crippen molar-refractivity contribution in [3.05, 3.63) is 62.9 Å². The van der Waals surface area contributed by atoms with E-state index in [9.17, 15) is 14.9 Å². The Morgan fingerprint density at radius 2 is 2.04 bits per heavy atom. The van der Waals surface area contributed by atoms with Gasteiger partial charge in [-0.05, 0) is 38.1 Å². The fraction of sp³-hybridized carbons (Fsp3) is 0.235. The summed E-state index contributed by atoms with van der Waals surface area (Å²) in [5.41, 5.74) is 1.21. The first-order valence-electron chi connectivity index (χ1n) is 7.90. The van der Waals surface area contributed by atoms with E-state index in [0.717, 1.165) is 5.56 Å². The van der Waals surface area contributed by atoms with Crippen molar-refractivity contribution in [2.75, 3.05) is 0 Å². The molecule has 0 unspecified atom stereocenters. The minimum absolute atomic E-state index is 0.108. The monoisotopic (exact) mass is 390 g/mol. The lowest BCUT2D eigenvalue weighted by molar-refractivity contribution is -0.386. The van der Waals surface area contributed by atoms with Crippen molar-refractivity contribution < 1.29 is 18.9 Å². The molecule has 0 bridgehead atoms. The van der Waals surface area contributed by atoms with Gasteiger partial charge in [-0.25, -0.2) is 4.98 Å². The second-order valence-corrected chi connectivity index (χ2v) is 6.16. The molecule has 0 aliphatic rings. The van der Waals surface area contributed by atoms with Crippen LogP contribution in [0.4, 0.5) is 5.69 Å². The standard InChI is InChI=1S/C17H15ClN4O5/c1-10-17(22(24)25)11(2)21(20-10)8-16(23)26-9-15-19-7-14(27-15)12-3-5-13(18)6-4-12/h3-7H,8-9H2,1-2H3. The molecule has 1 aromatic carbocycles. The molecule has 0 radical (unpaired) electrons. The molecule has 140 valence electrons. The van der Waals surface area contributed by atoms with Gasteiger partial charge < -0.3 is 9.15 Å². The third-order valence-electron chi connectivity index (χ3n) is 3.84. The van der Waals surface area contributed by atoms with E-state index in [1.54, 1.807) is 24.3 Å². The average molecular weight is 391 g/mol. The summed E-state index contributed by atoms with van der Waals surface area (Å²) in [6.45, 7) is 2.63. The zero-order valence-corrected chi connectivity index (χ0v) is 15.3. The van der Waals surface area contributed by atoms with Crippen LogP contribution in [0.2, 0.25) is 5.02 Å². The molecule has 10 heteroatoms. The van der Waals surface area contributed by atoms with E-state index in [4.69, 9.17) is 20.8 Å². The average Bonchev–Trinajstić information content (AvgIpc) is 3.18. The van der Waals surface area contributed by atoms with Gasteiger partial charge in [-0.2, -0.15) is 5.10 Å². The molecule has 0 fully saturated rings. The highest BCUT2D eigenvalue weighted by atomic mass is 35.5. The van der Waals surface area contributed by atoms with Gasteiger partial charge in [-0.3, -0.25) is 19.6 Å². The minimum Gasteiger partial charge on any atom is -0.454 e. The third kappa shape index (κ3) is 4.14. The number of hydrogen-bond acceptors (Lipinski definition) is 7. The predicted molar refractivity (Wildman–Crippen MR) is 95.1 cm³/mol. The topological polar surface area (TPSA) is 113 Å². The van der Waals surface area contributed by atoms with Crippen LogP contribution in [-0.2, 0) is 22.7 Å². The number of nitrogens with zero attached hydrogens (tertiary/aromatic N) is 4. The van der Waals surface area contributed by atoms with Crippen molar-refractivity contribution in [2.45, 2.75) is 27.0 Å². The highest BCUT2D eigenvalue weighted by molar-refractivity contribution is 6.30. The fourth-order valence-corrected chi connectivity index (χ4v) is 2.67. The quantitative estimate of drug-likeness (QED) is 0.359. The van der Waals surface area contributed by atoms with Crippen LogP contribution in [-0.4, -0.2) is 25.7 Å². The number of rotatable bonds is 6. The first-order chi connectivity index (χ1) is 12.8. The lowest BCUT2D eigenvalue weighted by Crippen LogP contribution is -2.15. The van der Waals surface area contributed by atoms with Crippen molar-refractivity contribution in [1.29, 1.82) is 0 Å². The Balaban J connectivity index is 1.61. The van der Waals surface area contributed by atoms with E-state index in [1.165, 1.54) is 24.7 Å². The van der Waals surface area contributed by atoms with Crippen LogP contribution in [0.5, 0.6) is 0 Å². The number of carbonyl (C=O) groups excluding carboxylic acids is 1. The number of oxazole rings is 1. The number of aryl methyl sites for hydroxylation is 1. The van der Waals surface area contributed by atoms with Crippen LogP contribution in [0, 0.1) is 24.0 Å². The molecular formula is C17H15ClN4O5. The van der Waals surface area contributed by atoms with Crippen LogP contribution < -0.4 is 0 Å². The van der Waals surface area contributed by atoms with Crippen molar-refractivity contribution >= 4 is 23.3 Å². The summed E-state index contributed by atoms with van der Waals surface area (Å²) < 4.78 is 11.9. The van der Waals surface area contributed by atoms with Gasteiger partial charge in [0.15, 0.2) is 12.4 Å². The molecule has 0 atom stereocenters. The number of esters is 1. The normalized spacial score (nSPS) is 10.8.